The summed E-state index contributed by atoms with van der Waals surface area (Å²) < 4.78 is 41.0. The lowest BCUT2D eigenvalue weighted by Gasteiger charge is -2.38. The zero-order valence-corrected chi connectivity index (χ0v) is 19.6. The number of nitrogens with zero attached hydrogens (tertiary/aromatic N) is 1. The minimum absolute atomic E-state index is 0.267. The lowest BCUT2D eigenvalue weighted by molar-refractivity contribution is -0.137. The Labute approximate surface area is 208 Å². The molecule has 4 aromatic rings. The molecule has 0 saturated heterocycles. The van der Waals surface area contributed by atoms with Crippen molar-refractivity contribution in [2.75, 3.05) is 6.54 Å². The SMILES string of the molecule is OC(NCCc1ccccc1)NC(Cc1ccccc1)(c1cccc(C(F)(F)F)c1)c1ccccn1. The van der Waals surface area contributed by atoms with Gasteiger partial charge in [0.2, 0.25) is 0 Å². The summed E-state index contributed by atoms with van der Waals surface area (Å²) in [6, 6.07) is 29.7. The molecule has 0 aliphatic carbocycles. The monoisotopic (exact) mass is 491 g/mol. The maximum absolute atomic E-state index is 13.7. The molecule has 0 aliphatic rings. The van der Waals surface area contributed by atoms with E-state index in [0.717, 1.165) is 23.3 Å². The molecule has 0 bridgehead atoms. The van der Waals surface area contributed by atoms with E-state index in [1.54, 1.807) is 30.5 Å². The van der Waals surface area contributed by atoms with E-state index in [0.29, 0.717) is 24.2 Å². The first-order valence-corrected chi connectivity index (χ1v) is 11.7. The molecule has 3 aromatic carbocycles. The number of hydrogen-bond acceptors (Lipinski definition) is 4. The zero-order valence-electron chi connectivity index (χ0n) is 19.6. The van der Waals surface area contributed by atoms with Gasteiger partial charge in [-0.25, -0.2) is 0 Å². The van der Waals surface area contributed by atoms with Gasteiger partial charge in [-0.05, 0) is 47.4 Å². The summed E-state index contributed by atoms with van der Waals surface area (Å²) in [6.07, 6.45) is -3.18. The van der Waals surface area contributed by atoms with Crippen molar-refractivity contribution >= 4 is 0 Å². The molecule has 0 aliphatic heterocycles. The molecule has 0 fully saturated rings. The lowest BCUT2D eigenvalue weighted by Crippen LogP contribution is -2.56. The molecule has 3 N–H and O–H groups in total. The molecule has 1 heterocycles. The third kappa shape index (κ3) is 6.37. The van der Waals surface area contributed by atoms with E-state index in [4.69, 9.17) is 0 Å². The molecule has 0 spiro atoms. The molecule has 2 unspecified atom stereocenters. The van der Waals surface area contributed by atoms with E-state index in [9.17, 15) is 18.3 Å². The van der Waals surface area contributed by atoms with Crippen LogP contribution in [0.15, 0.2) is 109 Å². The molecule has 36 heavy (non-hydrogen) atoms. The van der Waals surface area contributed by atoms with Crippen LogP contribution < -0.4 is 10.6 Å². The number of hydrogen-bond donors (Lipinski definition) is 3. The quantitative estimate of drug-likeness (QED) is 0.264. The smallest absolute Gasteiger partial charge is 0.365 e. The number of rotatable bonds is 10. The third-order valence-corrected chi connectivity index (χ3v) is 6.07. The van der Waals surface area contributed by atoms with Gasteiger partial charge in [0.05, 0.1) is 16.8 Å². The number of pyridine rings is 1. The van der Waals surface area contributed by atoms with Gasteiger partial charge >= 0.3 is 6.18 Å². The minimum atomic E-state index is -4.51. The highest BCUT2D eigenvalue weighted by molar-refractivity contribution is 5.40. The van der Waals surface area contributed by atoms with Crippen molar-refractivity contribution in [3.63, 3.8) is 0 Å². The van der Waals surface area contributed by atoms with Crippen LogP contribution in [0.1, 0.15) is 27.9 Å². The molecule has 4 rings (SSSR count). The zero-order chi connectivity index (χ0) is 25.4. The Balaban J connectivity index is 1.72. The van der Waals surface area contributed by atoms with Crippen LogP contribution in [0, 0.1) is 0 Å². The Morgan fingerprint density at radius 1 is 0.750 bits per heavy atom. The lowest BCUT2D eigenvalue weighted by atomic mass is 9.80. The molecule has 0 saturated carbocycles. The average Bonchev–Trinajstić information content (AvgIpc) is 2.89. The number of aromatic nitrogens is 1. The summed E-state index contributed by atoms with van der Waals surface area (Å²) in [5, 5.41) is 17.3. The first-order valence-electron chi connectivity index (χ1n) is 11.7. The number of nitrogens with one attached hydrogen (secondary N) is 2. The fourth-order valence-electron chi connectivity index (χ4n) is 4.31. The van der Waals surface area contributed by atoms with Crippen LogP contribution in [-0.2, 0) is 24.6 Å². The Morgan fingerprint density at radius 3 is 2.03 bits per heavy atom. The van der Waals surface area contributed by atoms with E-state index in [-0.39, 0.29) is 6.42 Å². The average molecular weight is 492 g/mol. The number of halogens is 3. The van der Waals surface area contributed by atoms with Gasteiger partial charge in [-0.1, -0.05) is 78.9 Å². The predicted molar refractivity (Wildman–Crippen MR) is 134 cm³/mol. The number of aliphatic hydroxyl groups excluding tert-OH is 1. The molecule has 1 aromatic heterocycles. The van der Waals surface area contributed by atoms with Gasteiger partial charge in [-0.3, -0.25) is 15.6 Å². The topological polar surface area (TPSA) is 57.2 Å². The molecule has 0 amide bonds. The van der Waals surface area contributed by atoms with Crippen LogP contribution in [0.3, 0.4) is 0 Å². The van der Waals surface area contributed by atoms with Gasteiger partial charge in [0.15, 0.2) is 6.35 Å². The van der Waals surface area contributed by atoms with Crippen LogP contribution in [0.2, 0.25) is 0 Å². The second-order valence-electron chi connectivity index (χ2n) is 8.60. The highest BCUT2D eigenvalue weighted by Gasteiger charge is 2.39. The normalized spacial score (nSPS) is 14.2. The Kier molecular flexibility index (Phi) is 8.15. The van der Waals surface area contributed by atoms with E-state index in [1.807, 2.05) is 60.7 Å². The van der Waals surface area contributed by atoms with Crippen molar-refractivity contribution < 1.29 is 18.3 Å². The van der Waals surface area contributed by atoms with E-state index >= 15 is 0 Å². The minimum Gasteiger partial charge on any atom is -0.365 e. The van der Waals surface area contributed by atoms with E-state index < -0.39 is 23.6 Å². The summed E-state index contributed by atoms with van der Waals surface area (Å²) in [7, 11) is 0. The third-order valence-electron chi connectivity index (χ3n) is 6.07. The van der Waals surface area contributed by atoms with Crippen LogP contribution in [0.25, 0.3) is 0 Å². The molecule has 186 valence electrons. The van der Waals surface area contributed by atoms with Crippen molar-refractivity contribution in [3.05, 3.63) is 137 Å². The number of benzene rings is 3. The maximum atomic E-state index is 13.7. The van der Waals surface area contributed by atoms with E-state index in [2.05, 4.69) is 15.6 Å². The highest BCUT2D eigenvalue weighted by Crippen LogP contribution is 2.36. The van der Waals surface area contributed by atoms with Gasteiger partial charge in [-0.2, -0.15) is 13.2 Å². The Hall–Kier alpha value is -3.52. The predicted octanol–water partition coefficient (Wildman–Crippen LogP) is 5.28. The standard InChI is InChI=1S/C29H28F3N3O/c30-29(31,32)25-15-9-14-24(20-25)28(26-16-7-8-18-33-26,21-23-12-5-2-6-13-23)35-27(36)34-19-17-22-10-3-1-4-11-22/h1-16,18,20,27,34-36H,17,19,21H2. The van der Waals surface area contributed by atoms with Gasteiger partial charge in [-0.15, -0.1) is 0 Å². The molecular formula is C29H28F3N3O. The van der Waals surface area contributed by atoms with Crippen molar-refractivity contribution in [1.29, 1.82) is 0 Å². The van der Waals surface area contributed by atoms with Gasteiger partial charge < -0.3 is 5.11 Å². The van der Waals surface area contributed by atoms with Crippen LogP contribution in [0.5, 0.6) is 0 Å². The summed E-state index contributed by atoms with van der Waals surface area (Å²) in [6.45, 7) is 0.463. The second kappa shape index (κ2) is 11.5. The van der Waals surface area contributed by atoms with Crippen molar-refractivity contribution in [2.24, 2.45) is 0 Å². The largest absolute Gasteiger partial charge is 0.416 e. The fraction of sp³-hybridized carbons (Fsp3) is 0.207. The first kappa shape index (κ1) is 25.6. The van der Waals surface area contributed by atoms with Crippen LogP contribution in [-0.4, -0.2) is 23.0 Å². The maximum Gasteiger partial charge on any atom is 0.416 e. The van der Waals surface area contributed by atoms with Gasteiger partial charge in [0.25, 0.3) is 0 Å². The molecular weight excluding hydrogens is 463 g/mol. The summed E-state index contributed by atoms with van der Waals surface area (Å²) in [5.74, 6) is 0. The summed E-state index contributed by atoms with van der Waals surface area (Å²) in [5.41, 5.74) is 0.825. The van der Waals surface area contributed by atoms with Gasteiger partial charge in [0.1, 0.15) is 0 Å². The van der Waals surface area contributed by atoms with Gasteiger partial charge in [0, 0.05) is 19.2 Å². The highest BCUT2D eigenvalue weighted by atomic mass is 19.4. The summed E-state index contributed by atoms with van der Waals surface area (Å²) in [4.78, 5) is 4.51. The summed E-state index contributed by atoms with van der Waals surface area (Å²) >= 11 is 0. The number of alkyl halides is 3. The van der Waals surface area contributed by atoms with E-state index in [1.165, 1.54) is 6.07 Å². The van der Waals surface area contributed by atoms with Crippen molar-refractivity contribution in [3.8, 4) is 0 Å². The van der Waals surface area contributed by atoms with Crippen molar-refractivity contribution in [2.45, 2.75) is 30.9 Å². The molecule has 0 radical (unpaired) electrons. The Morgan fingerprint density at radius 2 is 1.39 bits per heavy atom. The number of aliphatic hydroxyl groups is 1. The fourth-order valence-corrected chi connectivity index (χ4v) is 4.31. The van der Waals surface area contributed by atoms with Crippen LogP contribution >= 0.6 is 0 Å². The Bertz CT molecular complexity index is 1220. The van der Waals surface area contributed by atoms with Crippen LogP contribution in [0.4, 0.5) is 13.2 Å². The second-order valence-corrected chi connectivity index (χ2v) is 8.60. The molecule has 4 nitrogen and oxygen atoms in total. The molecule has 7 heteroatoms. The van der Waals surface area contributed by atoms with Crippen molar-refractivity contribution in [1.82, 2.24) is 15.6 Å². The molecule has 2 atom stereocenters. The first-order chi connectivity index (χ1) is 17.4.